The molecule has 0 aromatic heterocycles. The van der Waals surface area contributed by atoms with E-state index in [0.717, 1.165) is 16.9 Å². The molecule has 2 rings (SSSR count). The van der Waals surface area contributed by atoms with Crippen molar-refractivity contribution in [3.05, 3.63) is 53.6 Å². The highest BCUT2D eigenvalue weighted by molar-refractivity contribution is 6.17. The Hall–Kier alpha value is -1.87. The molecule has 0 radical (unpaired) electrons. The summed E-state index contributed by atoms with van der Waals surface area (Å²) in [6.07, 6.45) is 0. The van der Waals surface area contributed by atoms with Gasteiger partial charge in [-0.2, -0.15) is 0 Å². The summed E-state index contributed by atoms with van der Waals surface area (Å²) in [7, 11) is 3.27. The molecule has 0 saturated heterocycles. The number of benzene rings is 2. The van der Waals surface area contributed by atoms with Gasteiger partial charge in [0.05, 0.1) is 14.2 Å². The van der Waals surface area contributed by atoms with Crippen molar-refractivity contribution >= 4 is 11.6 Å². The van der Waals surface area contributed by atoms with E-state index in [1.807, 2.05) is 42.5 Å². The van der Waals surface area contributed by atoms with Crippen LogP contribution in [0.1, 0.15) is 11.1 Å². The Labute approximate surface area is 124 Å². The Kier molecular flexibility index (Phi) is 5.13. The third-order valence-corrected chi connectivity index (χ3v) is 3.24. The van der Waals surface area contributed by atoms with Crippen molar-refractivity contribution in [3.63, 3.8) is 0 Å². The monoisotopic (exact) mass is 292 g/mol. The van der Waals surface area contributed by atoms with E-state index in [0.29, 0.717) is 24.0 Å². The molecule has 0 aliphatic heterocycles. The van der Waals surface area contributed by atoms with Gasteiger partial charge in [0.1, 0.15) is 12.4 Å². The second kappa shape index (κ2) is 7.06. The fourth-order valence-corrected chi connectivity index (χ4v) is 1.97. The van der Waals surface area contributed by atoms with E-state index in [-0.39, 0.29) is 0 Å². The second-order valence-corrected chi connectivity index (χ2v) is 4.52. The van der Waals surface area contributed by atoms with Gasteiger partial charge in [-0.05, 0) is 35.4 Å². The number of alkyl halides is 1. The maximum absolute atomic E-state index is 5.83. The summed E-state index contributed by atoms with van der Waals surface area (Å²) in [5, 5.41) is 0. The van der Waals surface area contributed by atoms with Crippen molar-refractivity contribution in [2.24, 2.45) is 0 Å². The van der Waals surface area contributed by atoms with Crippen LogP contribution in [0, 0.1) is 0 Å². The van der Waals surface area contributed by atoms with E-state index in [4.69, 9.17) is 25.8 Å². The van der Waals surface area contributed by atoms with Gasteiger partial charge in [-0.15, -0.1) is 11.6 Å². The van der Waals surface area contributed by atoms with Crippen LogP contribution in [0.4, 0.5) is 0 Å². The highest BCUT2D eigenvalue weighted by atomic mass is 35.5. The number of hydrogen-bond donors (Lipinski definition) is 0. The van der Waals surface area contributed by atoms with Gasteiger partial charge in [0.15, 0.2) is 11.5 Å². The zero-order valence-electron chi connectivity index (χ0n) is 11.6. The molecule has 0 fully saturated rings. The van der Waals surface area contributed by atoms with Crippen LogP contribution in [0.3, 0.4) is 0 Å². The highest BCUT2D eigenvalue weighted by Crippen LogP contribution is 2.29. The molecule has 2 aromatic carbocycles. The van der Waals surface area contributed by atoms with E-state index in [9.17, 15) is 0 Å². The molecule has 4 heteroatoms. The molecule has 0 amide bonds. The number of halogens is 1. The van der Waals surface area contributed by atoms with E-state index >= 15 is 0 Å². The highest BCUT2D eigenvalue weighted by Gasteiger charge is 2.06. The molecule has 0 heterocycles. The normalized spacial score (nSPS) is 10.2. The van der Waals surface area contributed by atoms with E-state index in [1.54, 1.807) is 14.2 Å². The lowest BCUT2D eigenvalue weighted by Crippen LogP contribution is -1.98. The van der Waals surface area contributed by atoms with Gasteiger partial charge in [0, 0.05) is 5.88 Å². The van der Waals surface area contributed by atoms with Crippen LogP contribution in [-0.2, 0) is 12.5 Å². The SMILES string of the molecule is COc1ccc(COc2cc(CCl)ccc2OC)cc1. The molecule has 0 N–H and O–H groups in total. The Morgan fingerprint density at radius 3 is 2.15 bits per heavy atom. The maximum atomic E-state index is 5.83. The molecule has 106 valence electrons. The standard InChI is InChI=1S/C16H17ClO3/c1-18-14-6-3-12(4-7-14)11-20-16-9-13(10-17)5-8-15(16)19-2/h3-9H,10-11H2,1-2H3. The first-order valence-electron chi connectivity index (χ1n) is 6.25. The largest absolute Gasteiger partial charge is 0.497 e. The van der Waals surface area contributed by atoms with Gasteiger partial charge in [0.2, 0.25) is 0 Å². The molecular weight excluding hydrogens is 276 g/mol. The fourth-order valence-electron chi connectivity index (χ4n) is 1.80. The second-order valence-electron chi connectivity index (χ2n) is 4.26. The lowest BCUT2D eigenvalue weighted by atomic mass is 10.2. The lowest BCUT2D eigenvalue weighted by Gasteiger charge is -2.12. The van der Waals surface area contributed by atoms with Crippen LogP contribution < -0.4 is 14.2 Å². The van der Waals surface area contributed by atoms with Crippen LogP contribution in [0.5, 0.6) is 17.2 Å². The van der Waals surface area contributed by atoms with Gasteiger partial charge < -0.3 is 14.2 Å². The van der Waals surface area contributed by atoms with Crippen molar-refractivity contribution in [1.82, 2.24) is 0 Å². The Morgan fingerprint density at radius 1 is 0.850 bits per heavy atom. The Balaban J connectivity index is 2.08. The van der Waals surface area contributed by atoms with Crippen LogP contribution in [0.15, 0.2) is 42.5 Å². The zero-order chi connectivity index (χ0) is 14.4. The molecule has 0 atom stereocenters. The van der Waals surface area contributed by atoms with Crippen molar-refractivity contribution in [1.29, 1.82) is 0 Å². The van der Waals surface area contributed by atoms with E-state index in [2.05, 4.69) is 0 Å². The Morgan fingerprint density at radius 2 is 1.55 bits per heavy atom. The summed E-state index contributed by atoms with van der Waals surface area (Å²) in [5.74, 6) is 2.67. The smallest absolute Gasteiger partial charge is 0.161 e. The third kappa shape index (κ3) is 3.58. The van der Waals surface area contributed by atoms with E-state index < -0.39 is 0 Å². The van der Waals surface area contributed by atoms with Crippen LogP contribution in [-0.4, -0.2) is 14.2 Å². The van der Waals surface area contributed by atoms with Gasteiger partial charge >= 0.3 is 0 Å². The molecule has 0 aliphatic rings. The first-order valence-corrected chi connectivity index (χ1v) is 6.79. The number of hydrogen-bond acceptors (Lipinski definition) is 3. The van der Waals surface area contributed by atoms with Gasteiger partial charge in [-0.3, -0.25) is 0 Å². The molecule has 0 aliphatic carbocycles. The van der Waals surface area contributed by atoms with Crippen LogP contribution in [0.25, 0.3) is 0 Å². The molecule has 2 aromatic rings. The summed E-state index contributed by atoms with van der Waals surface area (Å²) >= 11 is 5.83. The summed E-state index contributed by atoms with van der Waals surface area (Å²) in [5.41, 5.74) is 2.06. The van der Waals surface area contributed by atoms with Crippen molar-refractivity contribution in [3.8, 4) is 17.2 Å². The van der Waals surface area contributed by atoms with Crippen LogP contribution >= 0.6 is 11.6 Å². The topological polar surface area (TPSA) is 27.7 Å². The average Bonchev–Trinajstić information content (AvgIpc) is 2.53. The number of rotatable bonds is 6. The minimum absolute atomic E-state index is 0.447. The average molecular weight is 293 g/mol. The van der Waals surface area contributed by atoms with Gasteiger partial charge in [0.25, 0.3) is 0 Å². The van der Waals surface area contributed by atoms with Crippen LogP contribution in [0.2, 0.25) is 0 Å². The predicted octanol–water partition coefficient (Wildman–Crippen LogP) is 4.02. The van der Waals surface area contributed by atoms with Crippen molar-refractivity contribution < 1.29 is 14.2 Å². The van der Waals surface area contributed by atoms with E-state index in [1.165, 1.54) is 0 Å². The number of methoxy groups -OCH3 is 2. The molecule has 0 unspecified atom stereocenters. The van der Waals surface area contributed by atoms with Gasteiger partial charge in [-0.1, -0.05) is 18.2 Å². The third-order valence-electron chi connectivity index (χ3n) is 2.94. The summed E-state index contributed by atoms with van der Waals surface area (Å²) in [6.45, 7) is 0.464. The summed E-state index contributed by atoms with van der Waals surface area (Å²) in [6, 6.07) is 13.4. The molecule has 0 spiro atoms. The minimum Gasteiger partial charge on any atom is -0.497 e. The van der Waals surface area contributed by atoms with Gasteiger partial charge in [-0.25, -0.2) is 0 Å². The summed E-state index contributed by atoms with van der Waals surface area (Å²) < 4.78 is 16.2. The predicted molar refractivity (Wildman–Crippen MR) is 79.9 cm³/mol. The molecule has 20 heavy (non-hydrogen) atoms. The van der Waals surface area contributed by atoms with Crippen molar-refractivity contribution in [2.75, 3.05) is 14.2 Å². The summed E-state index contributed by atoms with van der Waals surface area (Å²) in [4.78, 5) is 0. The first-order chi connectivity index (χ1) is 9.76. The molecule has 3 nitrogen and oxygen atoms in total. The molecule has 0 bridgehead atoms. The zero-order valence-corrected chi connectivity index (χ0v) is 12.3. The quantitative estimate of drug-likeness (QED) is 0.753. The molecule has 0 saturated carbocycles. The Bertz CT molecular complexity index is 552. The maximum Gasteiger partial charge on any atom is 0.161 e. The number of ether oxygens (including phenoxy) is 3. The fraction of sp³-hybridized carbons (Fsp3) is 0.250. The molecular formula is C16H17ClO3. The first kappa shape index (κ1) is 14.5. The van der Waals surface area contributed by atoms with Crippen molar-refractivity contribution in [2.45, 2.75) is 12.5 Å². The lowest BCUT2D eigenvalue weighted by molar-refractivity contribution is 0.284. The minimum atomic E-state index is 0.447.